The molecule has 1 saturated carbocycles. The first-order valence-electron chi connectivity index (χ1n) is 17.3. The number of benzene rings is 3. The summed E-state index contributed by atoms with van der Waals surface area (Å²) in [5.41, 5.74) is 0.476. The van der Waals surface area contributed by atoms with Crippen LogP contribution in [0, 0.1) is 15.4 Å². The second-order valence-electron chi connectivity index (χ2n) is 13.7. The maximum absolute atomic E-state index is 14.1. The summed E-state index contributed by atoms with van der Waals surface area (Å²) in [7, 11) is 0. The molecule has 3 aromatic carbocycles. The maximum atomic E-state index is 14.1. The summed E-state index contributed by atoms with van der Waals surface area (Å²) in [6, 6.07) is 20.8. The molecule has 0 radical (unpaired) electrons. The molecule has 8 nitrogen and oxygen atoms in total. The van der Waals surface area contributed by atoms with Gasteiger partial charge >= 0.3 is 0 Å². The van der Waals surface area contributed by atoms with Gasteiger partial charge in [-0.1, -0.05) is 73.5 Å². The normalized spacial score (nSPS) is 19.7. The molecule has 0 unspecified atom stereocenters. The van der Waals surface area contributed by atoms with Crippen molar-refractivity contribution in [1.82, 2.24) is 20.9 Å². The van der Waals surface area contributed by atoms with Gasteiger partial charge in [0.15, 0.2) is 0 Å². The number of ether oxygens (including phenoxy) is 1. The van der Waals surface area contributed by atoms with Crippen molar-refractivity contribution in [3.8, 4) is 0 Å². The van der Waals surface area contributed by atoms with Crippen LogP contribution < -0.4 is 16.0 Å². The quantitative estimate of drug-likeness (QED) is 0.226. The van der Waals surface area contributed by atoms with E-state index in [1.807, 2.05) is 66.7 Å². The number of piperidine rings is 1. The van der Waals surface area contributed by atoms with Crippen LogP contribution in [-0.2, 0) is 20.7 Å². The molecule has 2 aliphatic heterocycles. The fourth-order valence-electron chi connectivity index (χ4n) is 7.47. The topological polar surface area (TPSA) is 99.8 Å². The summed E-state index contributed by atoms with van der Waals surface area (Å²) in [5.74, 6) is 0.436. The number of nitrogens with zero attached hydrogens (tertiary/aromatic N) is 1. The monoisotopic (exact) mass is 750 g/mol. The Morgan fingerprint density at radius 1 is 0.872 bits per heavy atom. The van der Waals surface area contributed by atoms with Crippen LogP contribution in [0.2, 0.25) is 0 Å². The molecule has 250 valence electrons. The van der Waals surface area contributed by atoms with Gasteiger partial charge in [0.1, 0.15) is 11.6 Å². The van der Waals surface area contributed by atoms with Gasteiger partial charge in [-0.15, -0.1) is 0 Å². The van der Waals surface area contributed by atoms with Crippen LogP contribution in [0.3, 0.4) is 0 Å². The SMILES string of the molecule is O=C(NC1(C(=O)N[C@H](Cc2ccccc2)C(=O)NCC2CCN(CC3CCOCC3)CC2)CCCC1)c1ccc2ccccc2c1I. The predicted molar refractivity (Wildman–Crippen MR) is 193 cm³/mol. The number of likely N-dealkylation sites (tertiary alicyclic amines) is 1. The molecule has 3 amide bonds. The molecule has 0 aromatic heterocycles. The minimum absolute atomic E-state index is 0.171. The Hall–Kier alpha value is -3.02. The predicted octanol–water partition coefficient (Wildman–Crippen LogP) is 5.47. The van der Waals surface area contributed by atoms with Crippen LogP contribution in [0.5, 0.6) is 0 Å². The number of halogens is 1. The van der Waals surface area contributed by atoms with E-state index in [0.29, 0.717) is 37.3 Å². The lowest BCUT2D eigenvalue weighted by molar-refractivity contribution is -0.132. The molecular formula is C38H47IN4O4. The van der Waals surface area contributed by atoms with Crippen LogP contribution >= 0.6 is 22.6 Å². The molecule has 6 rings (SSSR count). The third kappa shape index (κ3) is 8.53. The Balaban J connectivity index is 1.10. The van der Waals surface area contributed by atoms with Crippen molar-refractivity contribution in [3.63, 3.8) is 0 Å². The number of carbonyl (C=O) groups is 3. The van der Waals surface area contributed by atoms with Gasteiger partial charge in [-0.3, -0.25) is 14.4 Å². The Bertz CT molecular complexity index is 1530. The molecule has 3 aliphatic rings. The van der Waals surface area contributed by atoms with Crippen molar-refractivity contribution in [3.05, 3.63) is 81.4 Å². The van der Waals surface area contributed by atoms with Crippen molar-refractivity contribution in [2.24, 2.45) is 11.8 Å². The Morgan fingerprint density at radius 2 is 1.57 bits per heavy atom. The molecule has 47 heavy (non-hydrogen) atoms. The molecule has 2 saturated heterocycles. The average Bonchev–Trinajstić information content (AvgIpc) is 3.58. The van der Waals surface area contributed by atoms with Gasteiger partial charge in [-0.05, 0) is 108 Å². The Kier molecular flexibility index (Phi) is 11.5. The van der Waals surface area contributed by atoms with Gasteiger partial charge in [-0.25, -0.2) is 0 Å². The smallest absolute Gasteiger partial charge is 0.253 e. The third-order valence-electron chi connectivity index (χ3n) is 10.4. The summed E-state index contributed by atoms with van der Waals surface area (Å²) >= 11 is 2.22. The number of nitrogens with one attached hydrogen (secondary N) is 3. The van der Waals surface area contributed by atoms with Crippen molar-refractivity contribution in [1.29, 1.82) is 0 Å². The van der Waals surface area contributed by atoms with Gasteiger partial charge in [0.2, 0.25) is 11.8 Å². The van der Waals surface area contributed by atoms with E-state index in [1.54, 1.807) is 0 Å². The van der Waals surface area contributed by atoms with Gasteiger partial charge in [0.25, 0.3) is 5.91 Å². The van der Waals surface area contributed by atoms with E-state index in [2.05, 4.69) is 43.4 Å². The highest BCUT2D eigenvalue weighted by molar-refractivity contribution is 14.1. The molecule has 3 aromatic rings. The van der Waals surface area contributed by atoms with Gasteiger partial charge in [-0.2, -0.15) is 0 Å². The van der Waals surface area contributed by atoms with E-state index in [4.69, 9.17) is 4.74 Å². The standard InChI is InChI=1S/C38H47IN4O4/c39-34-31-11-5-4-10-30(31)12-13-32(34)35(44)42-38(18-6-7-19-38)37(46)41-33(24-27-8-2-1-3-9-27)36(45)40-25-28-14-20-43(21-15-28)26-29-16-22-47-23-17-29/h1-5,8-13,28-29,33H,6-7,14-26H2,(H,40,45)(H,41,46)(H,42,44)/t33-/m1/s1. The lowest BCUT2D eigenvalue weighted by atomic mass is 9.93. The molecule has 9 heteroatoms. The van der Waals surface area contributed by atoms with Crippen LogP contribution in [0.4, 0.5) is 0 Å². The van der Waals surface area contributed by atoms with Crippen LogP contribution in [0.25, 0.3) is 10.8 Å². The van der Waals surface area contributed by atoms with E-state index >= 15 is 0 Å². The lowest BCUT2D eigenvalue weighted by Crippen LogP contribution is -2.61. The van der Waals surface area contributed by atoms with Crippen molar-refractivity contribution in [2.75, 3.05) is 39.4 Å². The molecule has 0 spiro atoms. The highest BCUT2D eigenvalue weighted by Gasteiger charge is 2.44. The van der Waals surface area contributed by atoms with Crippen molar-refractivity contribution < 1.29 is 19.1 Å². The van der Waals surface area contributed by atoms with Gasteiger partial charge in [0.05, 0.1) is 5.56 Å². The van der Waals surface area contributed by atoms with Crippen molar-refractivity contribution in [2.45, 2.75) is 69.4 Å². The van der Waals surface area contributed by atoms with E-state index in [1.165, 1.54) is 0 Å². The van der Waals surface area contributed by atoms with Gasteiger partial charge in [0, 0.05) is 36.3 Å². The molecule has 3 fully saturated rings. The van der Waals surface area contributed by atoms with E-state index in [9.17, 15) is 14.4 Å². The summed E-state index contributed by atoms with van der Waals surface area (Å²) in [5, 5.41) is 11.5. The second-order valence-corrected chi connectivity index (χ2v) is 14.7. The van der Waals surface area contributed by atoms with E-state index in [0.717, 1.165) is 97.2 Å². The molecule has 2 heterocycles. The highest BCUT2D eigenvalue weighted by Crippen LogP contribution is 2.32. The van der Waals surface area contributed by atoms with E-state index < -0.39 is 11.6 Å². The average molecular weight is 751 g/mol. The number of carbonyl (C=O) groups excluding carboxylic acids is 3. The fraction of sp³-hybridized carbons (Fsp3) is 0.500. The van der Waals surface area contributed by atoms with Crippen molar-refractivity contribution >= 4 is 51.1 Å². The van der Waals surface area contributed by atoms with Crippen LogP contribution in [0.1, 0.15) is 67.3 Å². The van der Waals surface area contributed by atoms with E-state index in [-0.39, 0.29) is 17.7 Å². The van der Waals surface area contributed by atoms with Gasteiger partial charge < -0.3 is 25.6 Å². The number of rotatable bonds is 11. The van der Waals surface area contributed by atoms with Crippen LogP contribution in [-0.4, -0.2) is 73.6 Å². The molecule has 0 bridgehead atoms. The third-order valence-corrected chi connectivity index (χ3v) is 11.5. The first kappa shape index (κ1) is 33.9. The zero-order valence-corrected chi connectivity index (χ0v) is 29.3. The first-order chi connectivity index (χ1) is 22.9. The number of hydrogen-bond donors (Lipinski definition) is 3. The Labute approximate surface area is 291 Å². The minimum Gasteiger partial charge on any atom is -0.381 e. The Morgan fingerprint density at radius 3 is 2.32 bits per heavy atom. The first-order valence-corrected chi connectivity index (χ1v) is 18.4. The summed E-state index contributed by atoms with van der Waals surface area (Å²) in [6.07, 6.45) is 7.56. The summed E-state index contributed by atoms with van der Waals surface area (Å²) in [4.78, 5) is 44.2. The summed E-state index contributed by atoms with van der Waals surface area (Å²) < 4.78 is 6.39. The minimum atomic E-state index is -1.06. The largest absolute Gasteiger partial charge is 0.381 e. The molecular weight excluding hydrogens is 703 g/mol. The zero-order valence-electron chi connectivity index (χ0n) is 27.1. The zero-order chi connectivity index (χ0) is 32.6. The second kappa shape index (κ2) is 15.9. The number of hydrogen-bond acceptors (Lipinski definition) is 5. The lowest BCUT2D eigenvalue weighted by Gasteiger charge is -2.35. The highest BCUT2D eigenvalue weighted by atomic mass is 127. The number of fused-ring (bicyclic) bond motifs is 1. The molecule has 1 atom stereocenters. The maximum Gasteiger partial charge on any atom is 0.253 e. The summed E-state index contributed by atoms with van der Waals surface area (Å²) in [6.45, 7) is 5.62. The van der Waals surface area contributed by atoms with Crippen LogP contribution in [0.15, 0.2) is 66.7 Å². The molecule has 3 N–H and O–H groups in total. The molecule has 1 aliphatic carbocycles. The number of amides is 3. The fourth-order valence-corrected chi connectivity index (χ4v) is 8.39.